The van der Waals surface area contributed by atoms with Crippen molar-refractivity contribution in [3.8, 4) is 0 Å². The second-order valence-corrected chi connectivity index (χ2v) is 5.53. The van der Waals surface area contributed by atoms with Crippen LogP contribution in [-0.2, 0) is 13.0 Å². The minimum absolute atomic E-state index is 0.00362. The van der Waals surface area contributed by atoms with Gasteiger partial charge in [0.2, 0.25) is 0 Å². The maximum Gasteiger partial charge on any atom is 0.0853 e. The number of hydrogen-bond donors (Lipinski definition) is 2. The number of nitrogens with one attached hydrogen (secondary N) is 1. The van der Waals surface area contributed by atoms with E-state index >= 15 is 0 Å². The molecule has 0 aromatic heterocycles. The molecule has 2 atom stereocenters. The van der Waals surface area contributed by atoms with Gasteiger partial charge in [-0.05, 0) is 23.6 Å². The average molecular weight is 253 g/mol. The van der Waals surface area contributed by atoms with Gasteiger partial charge in [0.25, 0.3) is 0 Å². The van der Waals surface area contributed by atoms with E-state index in [1.807, 2.05) is 31.2 Å². The van der Waals surface area contributed by atoms with E-state index in [9.17, 15) is 5.11 Å². The first kappa shape index (κ1) is 12.4. The summed E-state index contributed by atoms with van der Waals surface area (Å²) in [6.45, 7) is 2.76. The summed E-state index contributed by atoms with van der Waals surface area (Å²) in [5.41, 5.74) is 2.90. The molecule has 98 valence electrons. The zero-order valence-electron chi connectivity index (χ0n) is 11.1. The van der Waals surface area contributed by atoms with Crippen LogP contribution in [0.1, 0.15) is 29.7 Å². The first-order chi connectivity index (χ1) is 9.17. The SMILES string of the molecule is CC(O)(Cc1ccccc1)C1NCc2ccccc21. The van der Waals surface area contributed by atoms with E-state index in [0.717, 1.165) is 6.54 Å². The Morgan fingerprint density at radius 1 is 1.11 bits per heavy atom. The first-order valence-corrected chi connectivity index (χ1v) is 6.74. The molecule has 2 nitrogen and oxygen atoms in total. The van der Waals surface area contributed by atoms with Crippen molar-refractivity contribution in [2.75, 3.05) is 0 Å². The van der Waals surface area contributed by atoms with Crippen molar-refractivity contribution >= 4 is 0 Å². The Bertz CT molecular complexity index is 562. The highest BCUT2D eigenvalue weighted by atomic mass is 16.3. The molecule has 2 aromatic rings. The standard InChI is InChI=1S/C17H19NO/c1-17(19,11-13-7-3-2-4-8-13)16-15-10-6-5-9-14(15)12-18-16/h2-10,16,18-19H,11-12H2,1H3. The predicted molar refractivity (Wildman–Crippen MR) is 76.8 cm³/mol. The summed E-state index contributed by atoms with van der Waals surface area (Å²) in [6.07, 6.45) is 0.653. The number of benzene rings is 2. The molecule has 0 spiro atoms. The fourth-order valence-electron chi connectivity index (χ4n) is 2.96. The van der Waals surface area contributed by atoms with Gasteiger partial charge in [0.1, 0.15) is 0 Å². The Hall–Kier alpha value is -1.64. The molecule has 0 amide bonds. The van der Waals surface area contributed by atoms with Crippen LogP contribution >= 0.6 is 0 Å². The van der Waals surface area contributed by atoms with Crippen molar-refractivity contribution in [1.82, 2.24) is 5.32 Å². The third kappa shape index (κ3) is 2.42. The predicted octanol–water partition coefficient (Wildman–Crippen LogP) is 2.82. The first-order valence-electron chi connectivity index (χ1n) is 6.74. The molecule has 1 aliphatic rings. The van der Waals surface area contributed by atoms with E-state index in [1.54, 1.807) is 0 Å². The molecule has 0 radical (unpaired) electrons. The van der Waals surface area contributed by atoms with Crippen LogP contribution in [0.3, 0.4) is 0 Å². The average Bonchev–Trinajstić information content (AvgIpc) is 2.84. The second kappa shape index (κ2) is 4.80. The Labute approximate surface area is 114 Å². The lowest BCUT2D eigenvalue weighted by atomic mass is 9.85. The summed E-state index contributed by atoms with van der Waals surface area (Å²) < 4.78 is 0. The topological polar surface area (TPSA) is 32.3 Å². The van der Waals surface area contributed by atoms with Crippen LogP contribution in [-0.4, -0.2) is 10.7 Å². The molecule has 2 unspecified atom stereocenters. The summed E-state index contributed by atoms with van der Waals surface area (Å²) in [6, 6.07) is 18.5. The highest BCUT2D eigenvalue weighted by molar-refractivity contribution is 5.36. The van der Waals surface area contributed by atoms with Crippen LogP contribution < -0.4 is 5.32 Å². The van der Waals surface area contributed by atoms with Gasteiger partial charge in [0.15, 0.2) is 0 Å². The maximum absolute atomic E-state index is 10.9. The van der Waals surface area contributed by atoms with Gasteiger partial charge >= 0.3 is 0 Å². The molecule has 19 heavy (non-hydrogen) atoms. The highest BCUT2D eigenvalue weighted by Crippen LogP contribution is 2.35. The van der Waals surface area contributed by atoms with Crippen LogP contribution in [0, 0.1) is 0 Å². The third-order valence-corrected chi connectivity index (χ3v) is 3.89. The summed E-state index contributed by atoms with van der Waals surface area (Å²) in [5.74, 6) is 0. The summed E-state index contributed by atoms with van der Waals surface area (Å²) in [7, 11) is 0. The summed E-state index contributed by atoms with van der Waals surface area (Å²) in [4.78, 5) is 0. The molecule has 1 aliphatic heterocycles. The smallest absolute Gasteiger partial charge is 0.0853 e. The Morgan fingerprint density at radius 2 is 1.79 bits per heavy atom. The minimum Gasteiger partial charge on any atom is -0.388 e. The van der Waals surface area contributed by atoms with E-state index in [0.29, 0.717) is 6.42 Å². The summed E-state index contributed by atoms with van der Waals surface area (Å²) >= 11 is 0. The molecule has 2 heteroatoms. The van der Waals surface area contributed by atoms with Crippen molar-refractivity contribution in [3.63, 3.8) is 0 Å². The van der Waals surface area contributed by atoms with Gasteiger partial charge < -0.3 is 10.4 Å². The van der Waals surface area contributed by atoms with Gasteiger partial charge in [-0.15, -0.1) is 0 Å². The van der Waals surface area contributed by atoms with Gasteiger partial charge in [0.05, 0.1) is 11.6 Å². The number of aliphatic hydroxyl groups is 1. The monoisotopic (exact) mass is 253 g/mol. The largest absolute Gasteiger partial charge is 0.388 e. The lowest BCUT2D eigenvalue weighted by Gasteiger charge is -2.31. The molecule has 2 aromatic carbocycles. The quantitative estimate of drug-likeness (QED) is 0.881. The fourth-order valence-corrected chi connectivity index (χ4v) is 2.96. The van der Waals surface area contributed by atoms with Gasteiger partial charge in [-0.3, -0.25) is 0 Å². The van der Waals surface area contributed by atoms with E-state index < -0.39 is 5.60 Å². The molecule has 3 rings (SSSR count). The minimum atomic E-state index is -0.784. The maximum atomic E-state index is 10.9. The molecule has 0 bridgehead atoms. The van der Waals surface area contributed by atoms with Crippen LogP contribution in [0.5, 0.6) is 0 Å². The molecule has 0 saturated carbocycles. The Morgan fingerprint density at radius 3 is 2.58 bits per heavy atom. The summed E-state index contributed by atoms with van der Waals surface area (Å²) in [5, 5.41) is 14.3. The normalized spacial score (nSPS) is 20.8. The molecule has 1 heterocycles. The lowest BCUT2D eigenvalue weighted by Crippen LogP contribution is -2.40. The van der Waals surface area contributed by atoms with E-state index in [-0.39, 0.29) is 6.04 Å². The number of rotatable bonds is 3. The number of hydrogen-bond acceptors (Lipinski definition) is 2. The van der Waals surface area contributed by atoms with Crippen molar-refractivity contribution in [2.24, 2.45) is 0 Å². The Kier molecular flexibility index (Phi) is 3.13. The van der Waals surface area contributed by atoms with Gasteiger partial charge in [-0.1, -0.05) is 54.6 Å². The molecule has 2 N–H and O–H groups in total. The van der Waals surface area contributed by atoms with Crippen LogP contribution in [0.25, 0.3) is 0 Å². The van der Waals surface area contributed by atoms with E-state index in [2.05, 4.69) is 35.6 Å². The third-order valence-electron chi connectivity index (χ3n) is 3.89. The molecular weight excluding hydrogens is 234 g/mol. The van der Waals surface area contributed by atoms with Gasteiger partial charge in [-0.2, -0.15) is 0 Å². The fraction of sp³-hybridized carbons (Fsp3) is 0.294. The molecule has 0 saturated heterocycles. The zero-order chi connectivity index (χ0) is 13.3. The molecule has 0 aliphatic carbocycles. The van der Waals surface area contributed by atoms with Gasteiger partial charge in [-0.25, -0.2) is 0 Å². The van der Waals surface area contributed by atoms with Crippen molar-refractivity contribution in [1.29, 1.82) is 0 Å². The second-order valence-electron chi connectivity index (χ2n) is 5.53. The Balaban J connectivity index is 1.86. The van der Waals surface area contributed by atoms with Gasteiger partial charge in [0, 0.05) is 13.0 Å². The van der Waals surface area contributed by atoms with Crippen molar-refractivity contribution in [2.45, 2.75) is 31.5 Å². The lowest BCUT2D eigenvalue weighted by molar-refractivity contribution is 0.0223. The number of fused-ring (bicyclic) bond motifs is 1. The van der Waals surface area contributed by atoms with Crippen LogP contribution in [0.4, 0.5) is 0 Å². The zero-order valence-corrected chi connectivity index (χ0v) is 11.1. The highest BCUT2D eigenvalue weighted by Gasteiger charge is 2.37. The molecule has 0 fully saturated rings. The van der Waals surface area contributed by atoms with E-state index in [1.165, 1.54) is 16.7 Å². The van der Waals surface area contributed by atoms with Crippen LogP contribution in [0.15, 0.2) is 54.6 Å². The van der Waals surface area contributed by atoms with E-state index in [4.69, 9.17) is 0 Å². The molecular formula is C17H19NO. The van der Waals surface area contributed by atoms with Crippen molar-refractivity contribution < 1.29 is 5.11 Å². The van der Waals surface area contributed by atoms with Crippen LogP contribution in [0.2, 0.25) is 0 Å². The van der Waals surface area contributed by atoms with Crippen molar-refractivity contribution in [3.05, 3.63) is 71.3 Å².